The quantitative estimate of drug-likeness (QED) is 0.770. The molecule has 0 saturated carbocycles. The first kappa shape index (κ1) is 19.2. The highest BCUT2D eigenvalue weighted by Crippen LogP contribution is 2.39. The Balaban J connectivity index is 1.57. The van der Waals surface area contributed by atoms with Crippen molar-refractivity contribution in [3.63, 3.8) is 0 Å². The van der Waals surface area contributed by atoms with E-state index in [0.29, 0.717) is 11.7 Å². The van der Waals surface area contributed by atoms with Gasteiger partial charge in [0.25, 0.3) is 5.91 Å². The SMILES string of the molecule is Cc1ccc(CN2C(=NC(=O)Cc3ccccc3)S[C@H]3CS(=O)(=O)C[C@@H]32)cc1. The van der Waals surface area contributed by atoms with Crippen LogP contribution in [0.4, 0.5) is 0 Å². The second kappa shape index (κ2) is 7.72. The van der Waals surface area contributed by atoms with Crippen LogP contribution in [0.2, 0.25) is 0 Å². The van der Waals surface area contributed by atoms with Crippen LogP contribution < -0.4 is 0 Å². The number of aryl methyl sites for hydroxylation is 1. The molecule has 146 valence electrons. The average molecular weight is 415 g/mol. The lowest BCUT2D eigenvalue weighted by atomic mass is 10.1. The highest BCUT2D eigenvalue weighted by Gasteiger charge is 2.48. The van der Waals surface area contributed by atoms with Crippen molar-refractivity contribution in [1.82, 2.24) is 4.90 Å². The van der Waals surface area contributed by atoms with E-state index in [0.717, 1.165) is 11.1 Å². The van der Waals surface area contributed by atoms with Crippen LogP contribution in [0.3, 0.4) is 0 Å². The fourth-order valence-electron chi connectivity index (χ4n) is 3.63. The average Bonchev–Trinajstić information content (AvgIpc) is 3.10. The molecule has 0 spiro atoms. The van der Waals surface area contributed by atoms with Crippen molar-refractivity contribution in [2.45, 2.75) is 31.2 Å². The topological polar surface area (TPSA) is 66.8 Å². The van der Waals surface area contributed by atoms with E-state index in [-0.39, 0.29) is 35.1 Å². The predicted molar refractivity (Wildman–Crippen MR) is 113 cm³/mol. The molecule has 0 aliphatic carbocycles. The first-order valence-electron chi connectivity index (χ1n) is 9.24. The van der Waals surface area contributed by atoms with Gasteiger partial charge in [-0.2, -0.15) is 4.99 Å². The Labute approximate surface area is 169 Å². The van der Waals surface area contributed by atoms with Crippen molar-refractivity contribution in [1.29, 1.82) is 0 Å². The smallest absolute Gasteiger partial charge is 0.252 e. The van der Waals surface area contributed by atoms with Gasteiger partial charge in [0.1, 0.15) is 0 Å². The van der Waals surface area contributed by atoms with E-state index in [2.05, 4.69) is 4.99 Å². The van der Waals surface area contributed by atoms with Crippen LogP contribution in [0.5, 0.6) is 0 Å². The number of hydrogen-bond acceptors (Lipinski definition) is 4. The number of nitrogens with zero attached hydrogens (tertiary/aromatic N) is 2. The molecule has 4 rings (SSSR count). The molecule has 0 radical (unpaired) electrons. The summed E-state index contributed by atoms with van der Waals surface area (Å²) in [4.78, 5) is 18.9. The maximum Gasteiger partial charge on any atom is 0.252 e. The Morgan fingerprint density at radius 3 is 2.50 bits per heavy atom. The lowest BCUT2D eigenvalue weighted by Gasteiger charge is -2.24. The zero-order valence-electron chi connectivity index (χ0n) is 15.6. The predicted octanol–water partition coefficient (Wildman–Crippen LogP) is 2.83. The van der Waals surface area contributed by atoms with Gasteiger partial charge in [-0.1, -0.05) is 71.9 Å². The van der Waals surface area contributed by atoms with Crippen molar-refractivity contribution in [2.24, 2.45) is 4.99 Å². The Bertz CT molecular complexity index is 1000. The number of benzene rings is 2. The van der Waals surface area contributed by atoms with Crippen LogP contribution in [-0.2, 0) is 27.6 Å². The van der Waals surface area contributed by atoms with E-state index in [1.54, 1.807) is 0 Å². The normalized spacial score (nSPS) is 24.5. The molecule has 0 aromatic heterocycles. The number of fused-ring (bicyclic) bond motifs is 1. The Morgan fingerprint density at radius 1 is 1.07 bits per heavy atom. The van der Waals surface area contributed by atoms with Gasteiger partial charge in [0.2, 0.25) is 0 Å². The lowest BCUT2D eigenvalue weighted by molar-refractivity contribution is -0.117. The monoisotopic (exact) mass is 414 g/mol. The van der Waals surface area contributed by atoms with Gasteiger partial charge in [0.05, 0.1) is 24.0 Å². The zero-order valence-corrected chi connectivity index (χ0v) is 17.2. The Kier molecular flexibility index (Phi) is 5.29. The molecule has 2 heterocycles. The number of thioether (sulfide) groups is 1. The summed E-state index contributed by atoms with van der Waals surface area (Å²) >= 11 is 1.43. The van der Waals surface area contributed by atoms with E-state index >= 15 is 0 Å². The van der Waals surface area contributed by atoms with Crippen molar-refractivity contribution >= 4 is 32.7 Å². The maximum atomic E-state index is 12.5. The minimum absolute atomic E-state index is 0.0567. The van der Waals surface area contributed by atoms with Gasteiger partial charge in [-0.05, 0) is 18.1 Å². The van der Waals surface area contributed by atoms with Crippen molar-refractivity contribution < 1.29 is 13.2 Å². The molecule has 0 unspecified atom stereocenters. The number of amidine groups is 1. The Hall–Kier alpha value is -2.12. The van der Waals surface area contributed by atoms with Crippen LogP contribution in [0.15, 0.2) is 59.6 Å². The molecule has 2 aromatic carbocycles. The molecular formula is C21H22N2O3S2. The molecule has 2 atom stereocenters. The zero-order chi connectivity index (χ0) is 19.7. The van der Waals surface area contributed by atoms with E-state index in [1.165, 1.54) is 17.3 Å². The van der Waals surface area contributed by atoms with Gasteiger partial charge >= 0.3 is 0 Å². The highest BCUT2D eigenvalue weighted by atomic mass is 32.2. The van der Waals surface area contributed by atoms with Gasteiger partial charge in [0, 0.05) is 11.8 Å². The van der Waals surface area contributed by atoms with E-state index in [4.69, 9.17) is 0 Å². The third-order valence-electron chi connectivity index (χ3n) is 5.07. The standard InChI is InChI=1S/C21H22N2O3S2/c1-15-7-9-17(10-8-15)12-23-18-13-28(25,26)14-19(18)27-21(23)22-20(24)11-16-5-3-2-4-6-16/h2-10,18-19H,11-14H2,1H3/t18-,19-/m0/s1. The highest BCUT2D eigenvalue weighted by molar-refractivity contribution is 8.15. The minimum Gasteiger partial charge on any atom is -0.342 e. The summed E-state index contributed by atoms with van der Waals surface area (Å²) in [7, 11) is -3.04. The van der Waals surface area contributed by atoms with Gasteiger partial charge in [-0.15, -0.1) is 0 Å². The third-order valence-corrected chi connectivity index (χ3v) is 8.31. The summed E-state index contributed by atoms with van der Waals surface area (Å²) in [6, 6.07) is 17.6. The van der Waals surface area contributed by atoms with Gasteiger partial charge in [-0.3, -0.25) is 4.79 Å². The van der Waals surface area contributed by atoms with Crippen molar-refractivity contribution in [2.75, 3.05) is 11.5 Å². The molecule has 2 aliphatic heterocycles. The number of aliphatic imine (C=N–C) groups is 1. The van der Waals surface area contributed by atoms with Crippen LogP contribution >= 0.6 is 11.8 Å². The molecule has 2 aliphatic rings. The molecule has 2 fully saturated rings. The van der Waals surface area contributed by atoms with E-state index in [9.17, 15) is 13.2 Å². The van der Waals surface area contributed by atoms with Crippen molar-refractivity contribution in [3.05, 3.63) is 71.3 Å². The third kappa shape index (κ3) is 4.31. The molecular weight excluding hydrogens is 392 g/mol. The molecule has 5 nitrogen and oxygen atoms in total. The first-order valence-corrected chi connectivity index (χ1v) is 11.9. The molecule has 28 heavy (non-hydrogen) atoms. The number of sulfone groups is 1. The van der Waals surface area contributed by atoms with Crippen molar-refractivity contribution in [3.8, 4) is 0 Å². The molecule has 0 N–H and O–H groups in total. The number of hydrogen-bond donors (Lipinski definition) is 0. The second-order valence-electron chi connectivity index (χ2n) is 7.36. The molecule has 7 heteroatoms. The molecule has 2 saturated heterocycles. The maximum absolute atomic E-state index is 12.5. The van der Waals surface area contributed by atoms with Gasteiger partial charge in [-0.25, -0.2) is 8.42 Å². The van der Waals surface area contributed by atoms with Crippen LogP contribution in [0.1, 0.15) is 16.7 Å². The Morgan fingerprint density at radius 2 is 1.79 bits per heavy atom. The summed E-state index contributed by atoms with van der Waals surface area (Å²) in [6.07, 6.45) is 0.247. The van der Waals surface area contributed by atoms with E-state index in [1.807, 2.05) is 66.4 Å². The fraction of sp³-hybridized carbons (Fsp3) is 0.333. The van der Waals surface area contributed by atoms with E-state index < -0.39 is 9.84 Å². The lowest BCUT2D eigenvalue weighted by Crippen LogP contribution is -2.37. The van der Waals surface area contributed by atoms with Crippen LogP contribution in [0, 0.1) is 6.92 Å². The second-order valence-corrected chi connectivity index (χ2v) is 10.7. The minimum atomic E-state index is -3.04. The first-order chi connectivity index (χ1) is 13.4. The summed E-state index contributed by atoms with van der Waals surface area (Å²) < 4.78 is 24.2. The number of carbonyl (C=O) groups is 1. The summed E-state index contributed by atoms with van der Waals surface area (Å²) in [6.45, 7) is 2.59. The fourth-order valence-corrected chi connectivity index (χ4v) is 7.60. The summed E-state index contributed by atoms with van der Waals surface area (Å²) in [5.41, 5.74) is 3.18. The van der Waals surface area contributed by atoms with Crippen LogP contribution in [-0.4, -0.2) is 47.2 Å². The summed E-state index contributed by atoms with van der Waals surface area (Å²) in [5.74, 6) is 0.0755. The molecule has 1 amide bonds. The largest absolute Gasteiger partial charge is 0.342 e. The van der Waals surface area contributed by atoms with Gasteiger partial charge < -0.3 is 4.90 Å². The number of amides is 1. The molecule has 2 aromatic rings. The number of rotatable bonds is 4. The summed E-state index contributed by atoms with van der Waals surface area (Å²) in [5, 5.41) is 0.588. The number of carbonyl (C=O) groups excluding carboxylic acids is 1. The van der Waals surface area contributed by atoms with Gasteiger partial charge in [0.15, 0.2) is 15.0 Å². The molecule has 0 bridgehead atoms. The van der Waals surface area contributed by atoms with Crippen LogP contribution in [0.25, 0.3) is 0 Å².